The van der Waals surface area contributed by atoms with Gasteiger partial charge in [0.15, 0.2) is 0 Å². The van der Waals surface area contributed by atoms with Crippen molar-refractivity contribution in [1.82, 2.24) is 5.32 Å². The van der Waals surface area contributed by atoms with Crippen molar-refractivity contribution < 1.29 is 9.53 Å². The van der Waals surface area contributed by atoms with Crippen molar-refractivity contribution in [3.8, 4) is 5.75 Å². The molecule has 0 aromatic heterocycles. The molecule has 3 nitrogen and oxygen atoms in total. The molecule has 0 radical (unpaired) electrons. The maximum Gasteiger partial charge on any atom is 0.251 e. The maximum atomic E-state index is 12.2. The van der Waals surface area contributed by atoms with Crippen LogP contribution in [0.3, 0.4) is 0 Å². The molecule has 0 unspecified atom stereocenters. The summed E-state index contributed by atoms with van der Waals surface area (Å²) >= 11 is 3.48. The predicted molar refractivity (Wildman–Crippen MR) is 98.0 cm³/mol. The molecule has 1 aromatic rings. The molecule has 0 atom stereocenters. The number of rotatable bonds is 8. The molecule has 0 bridgehead atoms. The zero-order chi connectivity index (χ0) is 16.5. The van der Waals surface area contributed by atoms with Gasteiger partial charge in [0.05, 0.1) is 11.1 Å². The molecule has 2 rings (SSSR count). The van der Waals surface area contributed by atoms with Crippen molar-refractivity contribution in [2.75, 3.05) is 13.2 Å². The van der Waals surface area contributed by atoms with E-state index in [1.54, 1.807) is 0 Å². The standard InChI is InChI=1S/C19H26BrNO2/c1-2-3-13-23-18-10-9-16(14-17(18)20)19(22)21-12-11-15-7-5-4-6-8-15/h7,9-10,14H,2-6,8,11-13H2,1H3,(H,21,22). The number of nitrogens with one attached hydrogen (secondary N) is 1. The largest absolute Gasteiger partial charge is 0.492 e. The predicted octanol–water partition coefficient (Wildman–Crippen LogP) is 5.25. The normalized spacial score (nSPS) is 14.3. The number of ether oxygens (including phenoxy) is 1. The SMILES string of the molecule is CCCCOc1ccc(C(=O)NCCC2=CCCCC2)cc1Br. The first-order valence-electron chi connectivity index (χ1n) is 8.59. The van der Waals surface area contributed by atoms with Gasteiger partial charge in [-0.15, -0.1) is 0 Å². The summed E-state index contributed by atoms with van der Waals surface area (Å²) < 4.78 is 6.52. The summed E-state index contributed by atoms with van der Waals surface area (Å²) in [6.07, 6.45) is 10.4. The third kappa shape index (κ3) is 6.02. The van der Waals surface area contributed by atoms with Gasteiger partial charge in [0.2, 0.25) is 0 Å². The Hall–Kier alpha value is -1.29. The van der Waals surface area contributed by atoms with E-state index in [2.05, 4.69) is 34.2 Å². The lowest BCUT2D eigenvalue weighted by Crippen LogP contribution is -2.24. The average Bonchev–Trinajstić information content (AvgIpc) is 2.57. The molecule has 0 fully saturated rings. The van der Waals surface area contributed by atoms with Crippen LogP contribution >= 0.6 is 15.9 Å². The van der Waals surface area contributed by atoms with Gasteiger partial charge >= 0.3 is 0 Å². The van der Waals surface area contributed by atoms with Crippen molar-refractivity contribution in [1.29, 1.82) is 0 Å². The molecule has 1 N–H and O–H groups in total. The Kier molecular flexibility index (Phi) is 7.66. The summed E-state index contributed by atoms with van der Waals surface area (Å²) in [4.78, 5) is 12.2. The van der Waals surface area contributed by atoms with Crippen molar-refractivity contribution >= 4 is 21.8 Å². The average molecular weight is 380 g/mol. The Morgan fingerprint density at radius 2 is 2.22 bits per heavy atom. The molecule has 1 aliphatic rings. The van der Waals surface area contributed by atoms with E-state index >= 15 is 0 Å². The zero-order valence-corrected chi connectivity index (χ0v) is 15.5. The number of halogens is 1. The Morgan fingerprint density at radius 1 is 1.35 bits per heavy atom. The minimum atomic E-state index is -0.0257. The molecule has 1 amide bonds. The first-order valence-corrected chi connectivity index (χ1v) is 9.38. The molecule has 126 valence electrons. The molecule has 0 spiro atoms. The fraction of sp³-hybridized carbons (Fsp3) is 0.526. The van der Waals surface area contributed by atoms with E-state index in [1.807, 2.05) is 18.2 Å². The van der Waals surface area contributed by atoms with Gasteiger partial charge in [-0.1, -0.05) is 25.0 Å². The Labute approximate surface area is 147 Å². The summed E-state index contributed by atoms with van der Waals surface area (Å²) in [7, 11) is 0. The van der Waals surface area contributed by atoms with Crippen LogP contribution < -0.4 is 10.1 Å². The van der Waals surface area contributed by atoms with Crippen LogP contribution in [-0.4, -0.2) is 19.1 Å². The van der Waals surface area contributed by atoms with Crippen molar-refractivity contribution in [3.05, 3.63) is 39.9 Å². The van der Waals surface area contributed by atoms with Gasteiger partial charge in [0.1, 0.15) is 5.75 Å². The van der Waals surface area contributed by atoms with Crippen LogP contribution in [0.25, 0.3) is 0 Å². The molecular formula is C19H26BrNO2. The van der Waals surface area contributed by atoms with Gasteiger partial charge in [-0.05, 0) is 72.7 Å². The smallest absolute Gasteiger partial charge is 0.251 e. The lowest BCUT2D eigenvalue weighted by molar-refractivity contribution is 0.0954. The second-order valence-electron chi connectivity index (χ2n) is 5.96. The first kappa shape index (κ1) is 18.1. The second-order valence-corrected chi connectivity index (χ2v) is 6.82. The number of carbonyl (C=O) groups excluding carboxylic acids is 1. The molecule has 0 saturated carbocycles. The number of hydrogen-bond donors (Lipinski definition) is 1. The minimum absolute atomic E-state index is 0.0257. The van der Waals surface area contributed by atoms with Gasteiger partial charge in [-0.2, -0.15) is 0 Å². The van der Waals surface area contributed by atoms with E-state index < -0.39 is 0 Å². The summed E-state index contributed by atoms with van der Waals surface area (Å²) in [5, 5.41) is 3.00. The lowest BCUT2D eigenvalue weighted by atomic mass is 9.97. The van der Waals surface area contributed by atoms with Crippen LogP contribution in [0.2, 0.25) is 0 Å². The number of unbranched alkanes of at least 4 members (excludes halogenated alkanes) is 1. The summed E-state index contributed by atoms with van der Waals surface area (Å²) in [6.45, 7) is 3.54. The summed E-state index contributed by atoms with van der Waals surface area (Å²) in [5.41, 5.74) is 2.15. The number of hydrogen-bond acceptors (Lipinski definition) is 2. The third-order valence-corrected chi connectivity index (χ3v) is 4.69. The molecule has 0 heterocycles. The number of carbonyl (C=O) groups is 1. The highest BCUT2D eigenvalue weighted by Crippen LogP contribution is 2.26. The highest BCUT2D eigenvalue weighted by molar-refractivity contribution is 9.10. The van der Waals surface area contributed by atoms with E-state index in [-0.39, 0.29) is 5.91 Å². The van der Waals surface area contributed by atoms with E-state index in [9.17, 15) is 4.79 Å². The van der Waals surface area contributed by atoms with Crippen LogP contribution in [0.1, 0.15) is 62.2 Å². The second kappa shape index (κ2) is 9.76. The van der Waals surface area contributed by atoms with Crippen molar-refractivity contribution in [3.63, 3.8) is 0 Å². The van der Waals surface area contributed by atoms with Crippen LogP contribution in [0.5, 0.6) is 5.75 Å². The fourth-order valence-electron chi connectivity index (χ4n) is 2.66. The summed E-state index contributed by atoms with van der Waals surface area (Å²) in [6, 6.07) is 5.51. The van der Waals surface area contributed by atoms with Crippen molar-refractivity contribution in [2.45, 2.75) is 51.9 Å². The van der Waals surface area contributed by atoms with Crippen LogP contribution in [0.4, 0.5) is 0 Å². The quantitative estimate of drug-likeness (QED) is 0.494. The first-order chi connectivity index (χ1) is 11.2. The van der Waals surface area contributed by atoms with Gasteiger partial charge in [-0.25, -0.2) is 0 Å². The van der Waals surface area contributed by atoms with Crippen LogP contribution in [0.15, 0.2) is 34.3 Å². The van der Waals surface area contributed by atoms with Crippen LogP contribution in [0, 0.1) is 0 Å². The van der Waals surface area contributed by atoms with E-state index in [0.29, 0.717) is 18.7 Å². The molecule has 23 heavy (non-hydrogen) atoms. The van der Waals surface area contributed by atoms with Gasteiger partial charge in [0.25, 0.3) is 5.91 Å². The maximum absolute atomic E-state index is 12.2. The lowest BCUT2D eigenvalue weighted by Gasteiger charge is -2.13. The topological polar surface area (TPSA) is 38.3 Å². The van der Waals surface area contributed by atoms with E-state index in [4.69, 9.17) is 4.74 Å². The third-order valence-electron chi connectivity index (χ3n) is 4.07. The molecule has 0 saturated heterocycles. The number of allylic oxidation sites excluding steroid dienone is 1. The van der Waals surface area contributed by atoms with Crippen LogP contribution in [-0.2, 0) is 0 Å². The van der Waals surface area contributed by atoms with Crippen molar-refractivity contribution in [2.24, 2.45) is 0 Å². The Bertz CT molecular complexity index is 554. The molecule has 1 aliphatic carbocycles. The fourth-order valence-corrected chi connectivity index (χ4v) is 3.15. The Balaban J connectivity index is 1.82. The monoisotopic (exact) mass is 379 g/mol. The number of benzene rings is 1. The van der Waals surface area contributed by atoms with E-state index in [1.165, 1.54) is 31.3 Å². The van der Waals surface area contributed by atoms with Gasteiger partial charge in [-0.3, -0.25) is 4.79 Å². The Morgan fingerprint density at radius 3 is 2.91 bits per heavy atom. The number of amides is 1. The molecule has 4 heteroatoms. The molecule has 1 aromatic carbocycles. The van der Waals surface area contributed by atoms with Gasteiger partial charge in [0, 0.05) is 12.1 Å². The zero-order valence-electron chi connectivity index (χ0n) is 13.9. The summed E-state index contributed by atoms with van der Waals surface area (Å²) in [5.74, 6) is 0.768. The van der Waals surface area contributed by atoms with Gasteiger partial charge < -0.3 is 10.1 Å². The minimum Gasteiger partial charge on any atom is -0.492 e. The highest BCUT2D eigenvalue weighted by atomic mass is 79.9. The van der Waals surface area contributed by atoms with E-state index in [0.717, 1.165) is 29.5 Å². The molecular weight excluding hydrogens is 354 g/mol. The highest BCUT2D eigenvalue weighted by Gasteiger charge is 2.10. The molecule has 0 aliphatic heterocycles.